The molecule has 1 rings (SSSR count). The maximum atomic E-state index is 11.5. The van der Waals surface area contributed by atoms with Crippen molar-refractivity contribution in [1.29, 1.82) is 0 Å². The number of benzene rings is 1. The number of carbonyl (C=O) groups is 2. The molecule has 4 nitrogen and oxygen atoms in total. The molecule has 0 spiro atoms. The quantitative estimate of drug-likeness (QED) is 0.589. The highest BCUT2D eigenvalue weighted by molar-refractivity contribution is 5.98. The molecule has 0 aliphatic heterocycles. The van der Waals surface area contributed by atoms with E-state index in [-0.39, 0.29) is 12.0 Å². The molecule has 0 aromatic heterocycles. The Morgan fingerprint density at radius 3 is 2.29 bits per heavy atom. The second-order valence-corrected chi connectivity index (χ2v) is 3.32. The van der Waals surface area contributed by atoms with Gasteiger partial charge in [0.2, 0.25) is 0 Å². The number of hydrogen-bond donors (Lipinski definition) is 0. The third kappa shape index (κ3) is 4.10. The van der Waals surface area contributed by atoms with Crippen molar-refractivity contribution in [3.05, 3.63) is 41.5 Å². The highest BCUT2D eigenvalue weighted by Crippen LogP contribution is 2.12. The van der Waals surface area contributed by atoms with Gasteiger partial charge < -0.3 is 9.47 Å². The second-order valence-electron chi connectivity index (χ2n) is 3.32. The van der Waals surface area contributed by atoms with E-state index in [9.17, 15) is 9.59 Å². The van der Waals surface area contributed by atoms with Crippen molar-refractivity contribution < 1.29 is 19.1 Å². The first-order valence-electron chi connectivity index (χ1n) is 5.08. The van der Waals surface area contributed by atoms with E-state index in [1.54, 1.807) is 6.08 Å². The van der Waals surface area contributed by atoms with Crippen molar-refractivity contribution >= 4 is 18.0 Å². The van der Waals surface area contributed by atoms with E-state index < -0.39 is 11.9 Å². The molecule has 0 unspecified atom stereocenters. The molecular formula is C13H14O4. The fraction of sp³-hybridized carbons (Fsp3) is 0.231. The summed E-state index contributed by atoms with van der Waals surface area (Å²) in [5, 5.41) is 0. The topological polar surface area (TPSA) is 52.6 Å². The van der Waals surface area contributed by atoms with E-state index in [0.717, 1.165) is 5.56 Å². The first-order valence-corrected chi connectivity index (χ1v) is 5.08. The van der Waals surface area contributed by atoms with Crippen LogP contribution in [0.3, 0.4) is 0 Å². The van der Waals surface area contributed by atoms with Gasteiger partial charge >= 0.3 is 11.9 Å². The van der Waals surface area contributed by atoms with Crippen LogP contribution < -0.4 is 0 Å². The Morgan fingerprint density at radius 1 is 1.12 bits per heavy atom. The molecule has 0 amide bonds. The average Bonchev–Trinajstić information content (AvgIpc) is 2.38. The number of methoxy groups -OCH3 is 2. The van der Waals surface area contributed by atoms with Crippen molar-refractivity contribution in [3.63, 3.8) is 0 Å². The number of esters is 2. The minimum Gasteiger partial charge on any atom is -0.469 e. The molecule has 0 aliphatic rings. The maximum absolute atomic E-state index is 11.5. The summed E-state index contributed by atoms with van der Waals surface area (Å²) in [5.41, 5.74) is 1.10. The molecule has 4 heteroatoms. The summed E-state index contributed by atoms with van der Waals surface area (Å²) < 4.78 is 9.14. The van der Waals surface area contributed by atoms with Gasteiger partial charge in [-0.3, -0.25) is 4.79 Å². The first-order chi connectivity index (χ1) is 8.17. The minimum atomic E-state index is -0.528. The lowest BCUT2D eigenvalue weighted by atomic mass is 10.1. The lowest BCUT2D eigenvalue weighted by molar-refractivity contribution is -0.143. The van der Waals surface area contributed by atoms with Crippen LogP contribution in [0.4, 0.5) is 0 Å². The van der Waals surface area contributed by atoms with Crippen molar-refractivity contribution in [2.24, 2.45) is 0 Å². The van der Waals surface area contributed by atoms with E-state index in [0.29, 0.717) is 0 Å². The monoisotopic (exact) mass is 234 g/mol. The standard InChI is InChI=1S/C13H14O4/c1-16-12(14)9-11(13(15)17-2)8-10-6-4-3-5-7-10/h3-8H,9H2,1-2H3. The van der Waals surface area contributed by atoms with E-state index in [2.05, 4.69) is 9.47 Å². The molecule has 0 heterocycles. The predicted octanol–water partition coefficient (Wildman–Crippen LogP) is 1.81. The van der Waals surface area contributed by atoms with Crippen LogP contribution in [-0.2, 0) is 19.1 Å². The third-order valence-corrected chi connectivity index (χ3v) is 2.15. The average molecular weight is 234 g/mol. The van der Waals surface area contributed by atoms with Gasteiger partial charge in [-0.25, -0.2) is 4.79 Å². The van der Waals surface area contributed by atoms with Gasteiger partial charge in [0, 0.05) is 5.57 Å². The fourth-order valence-corrected chi connectivity index (χ4v) is 1.29. The summed E-state index contributed by atoms with van der Waals surface area (Å²) in [5.74, 6) is -1.00. The molecule has 0 bridgehead atoms. The highest BCUT2D eigenvalue weighted by Gasteiger charge is 2.14. The summed E-state index contributed by atoms with van der Waals surface area (Å²) in [6.45, 7) is 0. The van der Waals surface area contributed by atoms with E-state index >= 15 is 0 Å². The van der Waals surface area contributed by atoms with Gasteiger partial charge in [-0.05, 0) is 11.6 Å². The normalized spacial score (nSPS) is 10.8. The van der Waals surface area contributed by atoms with Crippen LogP contribution >= 0.6 is 0 Å². The van der Waals surface area contributed by atoms with Crippen molar-refractivity contribution in [2.45, 2.75) is 6.42 Å². The Bertz CT molecular complexity index is 420. The number of rotatable bonds is 4. The van der Waals surface area contributed by atoms with E-state index in [4.69, 9.17) is 0 Å². The maximum Gasteiger partial charge on any atom is 0.334 e. The van der Waals surface area contributed by atoms with Gasteiger partial charge in [-0.1, -0.05) is 30.3 Å². The second kappa shape index (κ2) is 6.48. The summed E-state index contributed by atoms with van der Waals surface area (Å²) in [4.78, 5) is 22.6. The summed E-state index contributed by atoms with van der Waals surface area (Å²) in [6.07, 6.45) is 1.51. The van der Waals surface area contributed by atoms with Gasteiger partial charge in [-0.15, -0.1) is 0 Å². The Labute approximate surface area is 99.8 Å². The number of hydrogen-bond acceptors (Lipinski definition) is 4. The molecule has 0 saturated carbocycles. The van der Waals surface area contributed by atoms with E-state index in [1.807, 2.05) is 30.3 Å². The smallest absolute Gasteiger partial charge is 0.334 e. The van der Waals surface area contributed by atoms with E-state index in [1.165, 1.54) is 14.2 Å². The molecule has 90 valence electrons. The van der Waals surface area contributed by atoms with Crippen molar-refractivity contribution in [2.75, 3.05) is 14.2 Å². The zero-order valence-electron chi connectivity index (χ0n) is 9.80. The molecule has 1 aromatic carbocycles. The minimum absolute atomic E-state index is 0.0991. The predicted molar refractivity (Wildman–Crippen MR) is 63.1 cm³/mol. The van der Waals surface area contributed by atoms with Gasteiger partial charge in [0.1, 0.15) is 0 Å². The Balaban J connectivity index is 2.94. The van der Waals surface area contributed by atoms with Gasteiger partial charge in [0.05, 0.1) is 20.6 Å². The van der Waals surface area contributed by atoms with Crippen LogP contribution in [0.5, 0.6) is 0 Å². The number of carbonyl (C=O) groups excluding carboxylic acids is 2. The molecular weight excluding hydrogens is 220 g/mol. The lowest BCUT2D eigenvalue weighted by Crippen LogP contribution is -2.10. The van der Waals surface area contributed by atoms with Gasteiger partial charge in [-0.2, -0.15) is 0 Å². The Morgan fingerprint density at radius 2 is 1.76 bits per heavy atom. The largest absolute Gasteiger partial charge is 0.469 e. The van der Waals surface area contributed by atoms with Crippen LogP contribution in [0, 0.1) is 0 Å². The highest BCUT2D eigenvalue weighted by atomic mass is 16.5. The molecule has 0 fully saturated rings. The summed E-state index contributed by atoms with van der Waals surface area (Å²) in [7, 11) is 2.55. The molecule has 0 N–H and O–H groups in total. The van der Waals surface area contributed by atoms with Crippen LogP contribution in [0.2, 0.25) is 0 Å². The van der Waals surface area contributed by atoms with Gasteiger partial charge in [0.15, 0.2) is 0 Å². The molecule has 17 heavy (non-hydrogen) atoms. The molecule has 0 atom stereocenters. The van der Waals surface area contributed by atoms with Crippen LogP contribution in [0.15, 0.2) is 35.9 Å². The fourth-order valence-electron chi connectivity index (χ4n) is 1.29. The van der Waals surface area contributed by atoms with Crippen LogP contribution in [-0.4, -0.2) is 26.2 Å². The zero-order valence-corrected chi connectivity index (χ0v) is 9.80. The Hall–Kier alpha value is -2.10. The molecule has 0 saturated heterocycles. The first kappa shape index (κ1) is 13.0. The lowest BCUT2D eigenvalue weighted by Gasteiger charge is -2.04. The summed E-state index contributed by atoms with van der Waals surface area (Å²) >= 11 is 0. The zero-order chi connectivity index (χ0) is 12.7. The van der Waals surface area contributed by atoms with Crippen LogP contribution in [0.25, 0.3) is 6.08 Å². The molecule has 0 aliphatic carbocycles. The molecule has 0 radical (unpaired) electrons. The molecule has 1 aromatic rings. The van der Waals surface area contributed by atoms with Crippen molar-refractivity contribution in [3.8, 4) is 0 Å². The third-order valence-electron chi connectivity index (χ3n) is 2.15. The van der Waals surface area contributed by atoms with Crippen molar-refractivity contribution in [1.82, 2.24) is 0 Å². The van der Waals surface area contributed by atoms with Gasteiger partial charge in [0.25, 0.3) is 0 Å². The SMILES string of the molecule is COC(=O)CC(=Cc1ccccc1)C(=O)OC. The number of ether oxygens (including phenoxy) is 2. The van der Waals surface area contributed by atoms with Crippen LogP contribution in [0.1, 0.15) is 12.0 Å². The Kier molecular flexibility index (Phi) is 4.94. The summed E-state index contributed by atoms with van der Waals surface area (Å²) in [6, 6.07) is 9.23.